The van der Waals surface area contributed by atoms with Gasteiger partial charge in [0.1, 0.15) is 30.9 Å². The van der Waals surface area contributed by atoms with Crippen molar-refractivity contribution in [2.24, 2.45) is 5.92 Å². The first kappa shape index (κ1) is 53.5. The number of piperazine rings is 2. The molecule has 6 atom stereocenters. The lowest BCUT2D eigenvalue weighted by Crippen LogP contribution is -2.54. The number of aromatic hydroxyl groups is 1. The van der Waals surface area contributed by atoms with Gasteiger partial charge in [-0.3, -0.25) is 19.4 Å². The minimum Gasteiger partial charge on any atom is -0.507 e. The summed E-state index contributed by atoms with van der Waals surface area (Å²) < 4.78 is 18.1. The van der Waals surface area contributed by atoms with E-state index >= 15 is 0 Å². The number of aliphatic hydroxyl groups is 1. The number of likely N-dealkylation sites (tertiary alicyclic amines) is 1. The van der Waals surface area contributed by atoms with E-state index in [0.717, 1.165) is 91.7 Å². The molecule has 10 rings (SSSR count). The van der Waals surface area contributed by atoms with Crippen LogP contribution in [0.5, 0.6) is 17.5 Å². The summed E-state index contributed by atoms with van der Waals surface area (Å²) in [6, 6.07) is 22.4. The molecule has 8 heterocycles. The molecule has 2 unspecified atom stereocenters. The summed E-state index contributed by atoms with van der Waals surface area (Å²) in [4.78, 5) is 51.6. The number of ether oxygens (including phenoxy) is 2. The quantitative estimate of drug-likeness (QED) is 0.0761. The summed E-state index contributed by atoms with van der Waals surface area (Å²) in [5.74, 6) is 0.265. The molecule has 2 bridgehead atoms. The maximum Gasteiger partial charge on any atom is 0.254 e. The Morgan fingerprint density at radius 3 is 2.26 bits per heavy atom. The number of carbonyl (C=O) groups is 2. The van der Waals surface area contributed by atoms with Crippen molar-refractivity contribution in [3.05, 3.63) is 102 Å². The monoisotopic (exact) mass is 1070 g/mol. The van der Waals surface area contributed by atoms with Gasteiger partial charge in [0.25, 0.3) is 5.88 Å². The third-order valence-electron chi connectivity index (χ3n) is 15.4. The van der Waals surface area contributed by atoms with Crippen molar-refractivity contribution in [1.29, 1.82) is 0 Å². The van der Waals surface area contributed by atoms with Gasteiger partial charge in [-0.2, -0.15) is 0 Å². The summed E-state index contributed by atoms with van der Waals surface area (Å²) in [6.45, 7) is 14.0. The summed E-state index contributed by atoms with van der Waals surface area (Å²) in [7, 11) is 3.91. The zero-order valence-corrected chi connectivity index (χ0v) is 45.4. The van der Waals surface area contributed by atoms with Gasteiger partial charge in [-0.05, 0) is 80.3 Å². The minimum atomic E-state index is -0.856. The molecule has 5 N–H and O–H groups in total. The lowest BCUT2D eigenvalue weighted by Gasteiger charge is -2.43. The summed E-state index contributed by atoms with van der Waals surface area (Å²) in [6.07, 6.45) is 3.25. The molecular weight excluding hydrogens is 999 g/mol. The number of nitrogen functional groups attached to an aromatic ring is 1. The summed E-state index contributed by atoms with van der Waals surface area (Å²) in [5, 5.41) is 37.3. The highest BCUT2D eigenvalue weighted by molar-refractivity contribution is 7.13. The molecule has 2 aromatic carbocycles. The van der Waals surface area contributed by atoms with Gasteiger partial charge in [0.05, 0.1) is 39.6 Å². The van der Waals surface area contributed by atoms with Crippen LogP contribution in [0.4, 0.5) is 17.2 Å². The number of benzene rings is 2. The number of nitrogens with zero attached hydrogens (tertiary/aromatic N) is 11. The van der Waals surface area contributed by atoms with E-state index in [1.807, 2.05) is 93.9 Å². The van der Waals surface area contributed by atoms with Crippen LogP contribution in [0.1, 0.15) is 62.1 Å². The number of aromatic nitrogens is 5. The Morgan fingerprint density at radius 2 is 1.60 bits per heavy atom. The number of hydrogen-bond donors (Lipinski definition) is 4. The number of phenolic OH excluding ortho intramolecular Hbond substituents is 1. The molecule has 0 radical (unpaired) electrons. The Bertz CT molecular complexity index is 2950. The number of hydrogen-bond acceptors (Lipinski definition) is 19. The third kappa shape index (κ3) is 12.3. The molecule has 0 aliphatic carbocycles. The summed E-state index contributed by atoms with van der Waals surface area (Å²) >= 11 is 1.59. The first-order valence-corrected chi connectivity index (χ1v) is 27.7. The summed E-state index contributed by atoms with van der Waals surface area (Å²) in [5.41, 5.74) is 14.4. The van der Waals surface area contributed by atoms with Crippen LogP contribution in [-0.2, 0) is 9.59 Å². The SMILES string of the molecule is Cc1ncsc1-c1ccc([C@H](CN(C)C)NC(=O)[C@@H]2C[C@@H](O)CN2C(=O)[C@H](c2cc(OCCN3CCN(CCOc4cc(N5C6CCC5CN(c5cc(-c7ccccc7O)nnc5N)C6)ccn4)CC3)no2)C(C)C)cc1. The number of fused-ring (bicyclic) bond motifs is 2. The zero-order valence-electron chi connectivity index (χ0n) is 44.6. The average molecular weight is 1070 g/mol. The zero-order chi connectivity index (χ0) is 53.7. The standard InChI is InChI=1S/C56H71N13O7S/c1-35(2)52(56(73)68-32-42(70)27-47(68)55(72)60-45(33-64(4)5)37-10-12-38(13-11-37)53-36(3)59-34-77-53)49-29-51(63-76-49)75-25-23-66-20-18-65(19-21-66)22-24-74-50-26-39(16-17-58-50)69-40-14-15-41(69)31-67(30-40)46-28-44(61-62-54(46)57)43-8-6-7-9-48(43)71/h6-13,16-17,26,28-29,34-35,40-42,45,47,52,70-71H,14-15,18-25,27,30-33H2,1-5H3,(H2,57,62)(H,60,72)/t40?,41?,42-,45+,47+,52+/m1/s1. The number of pyridine rings is 1. The largest absolute Gasteiger partial charge is 0.507 e. The second kappa shape index (κ2) is 23.8. The number of β-amino-alcohol motifs (C(OH)–C–C–N with tert-alkyl or cyclic N) is 1. The van der Waals surface area contributed by atoms with E-state index in [2.05, 4.69) is 62.4 Å². The molecule has 408 valence electrons. The van der Waals surface area contributed by atoms with Crippen LogP contribution in [0.25, 0.3) is 21.7 Å². The number of aliphatic hydroxyl groups excluding tert-OH is 1. The Kier molecular flexibility index (Phi) is 16.5. The van der Waals surface area contributed by atoms with Gasteiger partial charge in [-0.25, -0.2) is 9.97 Å². The normalized spacial score (nSPS) is 20.8. The predicted octanol–water partition coefficient (Wildman–Crippen LogP) is 5.30. The van der Waals surface area contributed by atoms with E-state index in [9.17, 15) is 19.8 Å². The van der Waals surface area contributed by atoms with Gasteiger partial charge in [0.2, 0.25) is 17.7 Å². The minimum absolute atomic E-state index is 0.0419. The molecule has 4 saturated heterocycles. The number of anilines is 3. The van der Waals surface area contributed by atoms with Crippen LogP contribution < -0.4 is 30.3 Å². The fourth-order valence-corrected chi connectivity index (χ4v) is 12.3. The molecule has 4 fully saturated rings. The number of likely N-dealkylation sites (N-methyl/N-ethyl adjacent to an activating group) is 1. The lowest BCUT2D eigenvalue weighted by molar-refractivity contribution is -0.141. The molecule has 4 aromatic heterocycles. The number of thiazole rings is 1. The average Bonchev–Trinajstić information content (AvgIpc) is 4.22. The van der Waals surface area contributed by atoms with E-state index < -0.39 is 18.1 Å². The van der Waals surface area contributed by atoms with Gasteiger partial charge in [0, 0.05) is 114 Å². The first-order valence-electron chi connectivity index (χ1n) is 26.8. The fraction of sp³-hybridized carbons (Fsp3) is 0.482. The van der Waals surface area contributed by atoms with Crippen LogP contribution in [0.3, 0.4) is 0 Å². The van der Waals surface area contributed by atoms with Crippen molar-refractivity contribution >= 4 is 40.3 Å². The Morgan fingerprint density at radius 1 is 0.896 bits per heavy atom. The van der Waals surface area contributed by atoms with E-state index in [4.69, 9.17) is 19.7 Å². The molecule has 21 heteroatoms. The first-order chi connectivity index (χ1) is 37.3. The maximum atomic E-state index is 14.4. The molecule has 2 amide bonds. The van der Waals surface area contributed by atoms with Gasteiger partial charge in [0.15, 0.2) is 11.6 Å². The van der Waals surface area contributed by atoms with Crippen molar-refractivity contribution in [3.8, 4) is 39.2 Å². The number of aryl methyl sites for hydroxylation is 1. The smallest absolute Gasteiger partial charge is 0.254 e. The van der Waals surface area contributed by atoms with Crippen molar-refractivity contribution in [2.75, 3.05) is 108 Å². The molecule has 4 aliphatic heterocycles. The highest BCUT2D eigenvalue weighted by Gasteiger charge is 2.44. The van der Waals surface area contributed by atoms with Crippen LogP contribution in [0, 0.1) is 12.8 Å². The van der Waals surface area contributed by atoms with Crippen molar-refractivity contribution < 1.29 is 33.8 Å². The number of nitrogens with two attached hydrogens (primary N) is 1. The predicted molar refractivity (Wildman–Crippen MR) is 295 cm³/mol. The van der Waals surface area contributed by atoms with Gasteiger partial charge in [-0.15, -0.1) is 21.5 Å². The van der Waals surface area contributed by atoms with Crippen LogP contribution >= 0.6 is 11.3 Å². The Hall–Kier alpha value is -6.91. The lowest BCUT2D eigenvalue weighted by atomic mass is 9.91. The highest BCUT2D eigenvalue weighted by atomic mass is 32.1. The molecule has 0 spiro atoms. The molecule has 0 saturated carbocycles. The Labute approximate surface area is 453 Å². The van der Waals surface area contributed by atoms with Crippen LogP contribution in [0.15, 0.2) is 89.0 Å². The topological polar surface area (TPSA) is 228 Å². The van der Waals surface area contributed by atoms with E-state index in [0.29, 0.717) is 60.9 Å². The molecule has 20 nitrogen and oxygen atoms in total. The number of rotatable bonds is 20. The number of carbonyl (C=O) groups excluding carboxylic acids is 2. The molecule has 6 aromatic rings. The number of nitrogens with one attached hydrogen (secondary N) is 1. The van der Waals surface area contributed by atoms with Gasteiger partial charge >= 0.3 is 0 Å². The molecular formula is C56H71N13O7S. The number of phenols is 1. The highest BCUT2D eigenvalue weighted by Crippen LogP contribution is 2.40. The Balaban J connectivity index is 0.666. The maximum absolute atomic E-state index is 14.4. The number of para-hydroxylation sites is 1. The van der Waals surface area contributed by atoms with E-state index in [1.54, 1.807) is 29.5 Å². The van der Waals surface area contributed by atoms with Crippen molar-refractivity contribution in [3.63, 3.8) is 0 Å². The second-order valence-corrected chi connectivity index (χ2v) is 22.2. The second-order valence-electron chi connectivity index (χ2n) is 21.3. The third-order valence-corrected chi connectivity index (χ3v) is 16.4. The van der Waals surface area contributed by atoms with Crippen molar-refractivity contribution in [1.82, 2.24) is 50.2 Å². The fourth-order valence-electron chi connectivity index (χ4n) is 11.4. The van der Waals surface area contributed by atoms with Crippen LogP contribution in [-0.4, -0.2) is 184 Å². The van der Waals surface area contributed by atoms with Crippen molar-refractivity contribution in [2.45, 2.75) is 76.2 Å². The van der Waals surface area contributed by atoms with Gasteiger partial charge in [-0.1, -0.05) is 50.2 Å². The molecule has 4 aliphatic rings. The van der Waals surface area contributed by atoms with Gasteiger partial charge < -0.3 is 54.9 Å². The van der Waals surface area contributed by atoms with Crippen LogP contribution in [0.2, 0.25) is 0 Å². The number of amides is 2. The van der Waals surface area contributed by atoms with E-state index in [1.165, 1.54) is 4.90 Å². The molecule has 77 heavy (non-hydrogen) atoms. The van der Waals surface area contributed by atoms with E-state index in [-0.39, 0.29) is 54.6 Å².